The topological polar surface area (TPSA) is 0 Å². The molecule has 1 heterocycles. The van der Waals surface area contributed by atoms with Crippen molar-refractivity contribution in [2.24, 2.45) is 0 Å². The number of halogens is 1. The molecule has 0 aromatic heterocycles. The normalized spacial score (nSPS) is 24.7. The van der Waals surface area contributed by atoms with Gasteiger partial charge in [0.2, 0.25) is 0 Å². The summed E-state index contributed by atoms with van der Waals surface area (Å²) in [5.74, 6) is 0. The van der Waals surface area contributed by atoms with E-state index in [9.17, 15) is 0 Å². The van der Waals surface area contributed by atoms with Crippen molar-refractivity contribution in [1.82, 2.24) is 0 Å². The number of piperidine rings is 1. The Labute approximate surface area is 68.4 Å². The molecule has 54 valence electrons. The van der Waals surface area contributed by atoms with Crippen LogP contribution in [0, 0.1) is 12.8 Å². The maximum atomic E-state index is 2.27. The Morgan fingerprint density at radius 1 is 1.22 bits per heavy atom. The van der Waals surface area contributed by atoms with Crippen molar-refractivity contribution in [2.45, 2.75) is 6.42 Å². The summed E-state index contributed by atoms with van der Waals surface area (Å²) in [6.45, 7) is 2.51. The third-order valence-corrected chi connectivity index (χ3v) is 1.67. The molecule has 0 amide bonds. The number of rotatable bonds is 0. The van der Waals surface area contributed by atoms with Crippen LogP contribution in [-0.4, -0.2) is 31.7 Å². The van der Waals surface area contributed by atoms with E-state index >= 15 is 0 Å². The smallest absolute Gasteiger partial charge is 0.0818 e. The van der Waals surface area contributed by atoms with Crippen LogP contribution in [0.15, 0.2) is 0 Å². The average molecular weight is 192 g/mol. The molecule has 0 aromatic carbocycles. The molecule has 0 spiro atoms. The van der Waals surface area contributed by atoms with Gasteiger partial charge in [0.25, 0.3) is 0 Å². The molecular weight excluding hydrogens is 178 g/mol. The summed E-state index contributed by atoms with van der Waals surface area (Å²) in [6, 6.07) is 0. The fraction of sp³-hybridized carbons (Fsp3) is 0.714. The molecule has 0 atom stereocenters. The zero-order valence-corrected chi connectivity index (χ0v) is 7.69. The maximum absolute atomic E-state index is 2.27. The van der Waals surface area contributed by atoms with Crippen LogP contribution in [0.5, 0.6) is 0 Å². The predicted octanol–water partition coefficient (Wildman–Crippen LogP) is -2.12. The minimum atomic E-state index is 0. The average Bonchev–Trinajstić information content (AvgIpc) is 1.65. The molecule has 0 aliphatic carbocycles. The zero-order valence-electron chi connectivity index (χ0n) is 6.10. The Kier molecular flexibility index (Phi) is 3.74. The van der Waals surface area contributed by atoms with Crippen molar-refractivity contribution < 1.29 is 21.5 Å². The Morgan fingerprint density at radius 2 is 1.89 bits per heavy atom. The van der Waals surface area contributed by atoms with Crippen LogP contribution in [0.1, 0.15) is 6.42 Å². The van der Waals surface area contributed by atoms with Crippen LogP contribution in [0.4, 0.5) is 0 Å². The molecule has 1 aliphatic heterocycles. The Morgan fingerprint density at radius 3 is 2.11 bits per heavy atom. The number of likely N-dealkylation sites (tertiary alicyclic amines) is 1. The highest BCUT2D eigenvalue weighted by Crippen LogP contribution is 2.10. The van der Waals surface area contributed by atoms with Gasteiger partial charge in [-0.3, -0.25) is 0 Å². The van der Waals surface area contributed by atoms with Gasteiger partial charge in [0, 0.05) is 12.8 Å². The molecule has 1 nitrogen and oxygen atoms in total. The monoisotopic (exact) mass is 191 g/mol. The van der Waals surface area contributed by atoms with Gasteiger partial charge in [0.15, 0.2) is 0 Å². The van der Waals surface area contributed by atoms with E-state index in [1.165, 1.54) is 19.5 Å². The predicted molar refractivity (Wildman–Crippen MR) is 35.1 cm³/mol. The molecule has 1 rings (SSSR count). The molecule has 0 saturated carbocycles. The lowest BCUT2D eigenvalue weighted by Gasteiger charge is -2.32. The molecule has 0 N–H and O–H groups in total. The SMILES string of the molecule is C[N+]1(C)C[CH][CH]CC1.[Br-]. The highest BCUT2D eigenvalue weighted by molar-refractivity contribution is 4.86. The van der Waals surface area contributed by atoms with Crippen LogP contribution < -0.4 is 17.0 Å². The molecule has 0 unspecified atom stereocenters. The fourth-order valence-electron chi connectivity index (χ4n) is 0.993. The second-order valence-corrected chi connectivity index (χ2v) is 3.10. The van der Waals surface area contributed by atoms with Gasteiger partial charge in [0.05, 0.1) is 27.2 Å². The van der Waals surface area contributed by atoms with Gasteiger partial charge in [0.1, 0.15) is 0 Å². The van der Waals surface area contributed by atoms with Crippen molar-refractivity contribution in [1.29, 1.82) is 0 Å². The molecule has 0 aromatic rings. The number of hydrogen-bond donors (Lipinski definition) is 0. The van der Waals surface area contributed by atoms with Gasteiger partial charge in [-0.15, -0.1) is 0 Å². The summed E-state index contributed by atoms with van der Waals surface area (Å²) in [5, 5.41) is 0. The molecule has 2 heteroatoms. The number of nitrogens with zero attached hydrogens (tertiary/aromatic N) is 1. The minimum absolute atomic E-state index is 0. The van der Waals surface area contributed by atoms with Crippen molar-refractivity contribution in [3.8, 4) is 0 Å². The Hall–Kier alpha value is 0.440. The first-order chi connectivity index (χ1) is 3.71. The van der Waals surface area contributed by atoms with E-state index in [2.05, 4.69) is 26.9 Å². The van der Waals surface area contributed by atoms with Gasteiger partial charge in [-0.25, -0.2) is 0 Å². The van der Waals surface area contributed by atoms with Gasteiger partial charge < -0.3 is 21.5 Å². The third-order valence-electron chi connectivity index (χ3n) is 1.67. The van der Waals surface area contributed by atoms with Crippen molar-refractivity contribution in [3.05, 3.63) is 12.8 Å². The summed E-state index contributed by atoms with van der Waals surface area (Å²) in [4.78, 5) is 0. The first-order valence-corrected chi connectivity index (χ1v) is 3.18. The summed E-state index contributed by atoms with van der Waals surface area (Å²) in [7, 11) is 4.53. The minimum Gasteiger partial charge on any atom is -1.00 e. The number of hydrogen-bond acceptors (Lipinski definition) is 0. The number of quaternary nitrogens is 1. The quantitative estimate of drug-likeness (QED) is 0.385. The summed E-state index contributed by atoms with van der Waals surface area (Å²) >= 11 is 0. The first kappa shape index (κ1) is 9.44. The van der Waals surface area contributed by atoms with E-state index in [-0.39, 0.29) is 17.0 Å². The molecular formula is C7H14BrN. The molecule has 1 aliphatic rings. The largest absolute Gasteiger partial charge is 1.00 e. The van der Waals surface area contributed by atoms with E-state index in [1.54, 1.807) is 0 Å². The zero-order chi connectivity index (χ0) is 6.04. The maximum Gasteiger partial charge on any atom is 0.0818 e. The second-order valence-electron chi connectivity index (χ2n) is 3.10. The Balaban J connectivity index is 0.000000640. The van der Waals surface area contributed by atoms with Crippen molar-refractivity contribution in [3.63, 3.8) is 0 Å². The molecule has 0 bridgehead atoms. The third kappa shape index (κ3) is 3.21. The molecule has 9 heavy (non-hydrogen) atoms. The lowest BCUT2D eigenvalue weighted by molar-refractivity contribution is -0.888. The van der Waals surface area contributed by atoms with Crippen LogP contribution >= 0.6 is 0 Å². The molecule has 1 saturated heterocycles. The Bertz CT molecular complexity index is 73.0. The van der Waals surface area contributed by atoms with Gasteiger partial charge in [-0.1, -0.05) is 0 Å². The highest BCUT2D eigenvalue weighted by Gasteiger charge is 2.18. The van der Waals surface area contributed by atoms with Crippen molar-refractivity contribution in [2.75, 3.05) is 27.2 Å². The molecule has 2 radical (unpaired) electrons. The van der Waals surface area contributed by atoms with Crippen LogP contribution in [0.25, 0.3) is 0 Å². The van der Waals surface area contributed by atoms with Crippen molar-refractivity contribution >= 4 is 0 Å². The summed E-state index contributed by atoms with van der Waals surface area (Å²) in [5.41, 5.74) is 0. The van der Waals surface area contributed by atoms with E-state index < -0.39 is 0 Å². The lowest BCUT2D eigenvalue weighted by atomic mass is 10.1. The second kappa shape index (κ2) is 3.57. The van der Waals surface area contributed by atoms with Crippen LogP contribution in [-0.2, 0) is 0 Å². The van der Waals surface area contributed by atoms with E-state index in [4.69, 9.17) is 0 Å². The van der Waals surface area contributed by atoms with E-state index in [0.717, 1.165) is 4.48 Å². The first-order valence-electron chi connectivity index (χ1n) is 3.18. The lowest BCUT2D eigenvalue weighted by Crippen LogP contribution is -3.00. The summed E-state index contributed by atoms with van der Waals surface area (Å²) < 4.78 is 1.16. The van der Waals surface area contributed by atoms with E-state index in [0.29, 0.717) is 0 Å². The molecule has 1 fully saturated rings. The summed E-state index contributed by atoms with van der Waals surface area (Å²) in [6.07, 6.45) is 5.79. The van der Waals surface area contributed by atoms with Gasteiger partial charge in [-0.2, -0.15) is 0 Å². The fourth-order valence-corrected chi connectivity index (χ4v) is 0.993. The van der Waals surface area contributed by atoms with Gasteiger partial charge >= 0.3 is 0 Å². The highest BCUT2D eigenvalue weighted by atomic mass is 79.9. The van der Waals surface area contributed by atoms with E-state index in [1.807, 2.05) is 0 Å². The van der Waals surface area contributed by atoms with Gasteiger partial charge in [-0.05, 0) is 6.42 Å². The van der Waals surface area contributed by atoms with Crippen LogP contribution in [0.3, 0.4) is 0 Å². The standard InChI is InChI=1S/C7H14N.BrH/c1-8(2)6-4-3-5-7-8;/h3-4H,5-7H2,1-2H3;1H/q+1;/p-1. The van der Waals surface area contributed by atoms with Crippen LogP contribution in [0.2, 0.25) is 0 Å².